The van der Waals surface area contributed by atoms with Crippen LogP contribution in [0, 0.1) is 20.8 Å². The Bertz CT molecular complexity index is 758. The van der Waals surface area contributed by atoms with Gasteiger partial charge in [0.15, 0.2) is 0 Å². The number of aryl methyl sites for hydroxylation is 3. The number of hydrogen-bond acceptors (Lipinski definition) is 3. The van der Waals surface area contributed by atoms with E-state index in [0.717, 1.165) is 5.56 Å². The molecule has 0 saturated carbocycles. The van der Waals surface area contributed by atoms with Crippen molar-refractivity contribution in [1.29, 1.82) is 0 Å². The first kappa shape index (κ1) is 15.0. The van der Waals surface area contributed by atoms with Crippen LogP contribution in [0.5, 0.6) is 0 Å². The number of halogens is 1. The normalized spacial score (nSPS) is 11.4. The van der Waals surface area contributed by atoms with Crippen LogP contribution < -0.4 is 4.72 Å². The van der Waals surface area contributed by atoms with Gasteiger partial charge in [-0.2, -0.15) is 0 Å². The number of nitrogens with zero attached hydrogens (tertiary/aromatic N) is 1. The Morgan fingerprint density at radius 2 is 1.80 bits per heavy atom. The molecule has 0 spiro atoms. The van der Waals surface area contributed by atoms with Gasteiger partial charge in [-0.3, -0.25) is 4.72 Å². The van der Waals surface area contributed by atoms with Crippen LogP contribution in [-0.2, 0) is 10.0 Å². The maximum Gasteiger partial charge on any atom is 0.262 e. The van der Waals surface area contributed by atoms with E-state index in [2.05, 4.69) is 25.6 Å². The van der Waals surface area contributed by atoms with Crippen LogP contribution >= 0.6 is 15.9 Å². The average molecular weight is 355 g/mol. The highest BCUT2D eigenvalue weighted by Gasteiger charge is 2.18. The average Bonchev–Trinajstić information content (AvgIpc) is 2.35. The van der Waals surface area contributed by atoms with Gasteiger partial charge in [0.1, 0.15) is 4.60 Å². The van der Waals surface area contributed by atoms with Gasteiger partial charge in [0.25, 0.3) is 10.0 Å². The van der Waals surface area contributed by atoms with Crippen LogP contribution in [0.1, 0.15) is 16.8 Å². The van der Waals surface area contributed by atoms with Crippen molar-refractivity contribution in [1.82, 2.24) is 4.98 Å². The second-order valence-corrected chi connectivity index (χ2v) is 7.10. The predicted octanol–water partition coefficient (Wildman–Crippen LogP) is 3.57. The number of nitrogens with one attached hydrogen (secondary N) is 1. The lowest BCUT2D eigenvalue weighted by atomic mass is 10.2. The van der Waals surface area contributed by atoms with Gasteiger partial charge in [-0.1, -0.05) is 12.1 Å². The maximum atomic E-state index is 12.5. The molecule has 106 valence electrons. The third kappa shape index (κ3) is 3.19. The molecule has 4 nitrogen and oxygen atoms in total. The summed E-state index contributed by atoms with van der Waals surface area (Å²) in [6, 6.07) is 8.75. The summed E-state index contributed by atoms with van der Waals surface area (Å²) >= 11 is 3.25. The number of benzene rings is 1. The Hall–Kier alpha value is -1.40. The van der Waals surface area contributed by atoms with E-state index >= 15 is 0 Å². The molecule has 1 aromatic heterocycles. The van der Waals surface area contributed by atoms with E-state index in [9.17, 15) is 8.42 Å². The van der Waals surface area contributed by atoms with Crippen LogP contribution in [-0.4, -0.2) is 13.4 Å². The van der Waals surface area contributed by atoms with E-state index in [1.807, 2.05) is 13.0 Å². The fourth-order valence-corrected chi connectivity index (χ4v) is 3.68. The number of rotatable bonds is 3. The van der Waals surface area contributed by atoms with E-state index in [1.54, 1.807) is 38.1 Å². The lowest BCUT2D eigenvalue weighted by Crippen LogP contribution is -2.15. The first-order valence-corrected chi connectivity index (χ1v) is 8.30. The third-order valence-corrected chi connectivity index (χ3v) is 4.88. The molecule has 0 aliphatic rings. The van der Waals surface area contributed by atoms with E-state index < -0.39 is 10.0 Å². The maximum absolute atomic E-state index is 12.5. The van der Waals surface area contributed by atoms with Gasteiger partial charge in [0.2, 0.25) is 0 Å². The summed E-state index contributed by atoms with van der Waals surface area (Å²) in [7, 11) is -3.61. The molecule has 1 heterocycles. The fourth-order valence-electron chi connectivity index (χ4n) is 1.83. The third-order valence-electron chi connectivity index (χ3n) is 2.93. The highest BCUT2D eigenvalue weighted by molar-refractivity contribution is 9.10. The van der Waals surface area contributed by atoms with Gasteiger partial charge in [-0.05, 0) is 66.0 Å². The number of pyridine rings is 1. The number of anilines is 1. The first-order chi connectivity index (χ1) is 9.29. The summed E-state index contributed by atoms with van der Waals surface area (Å²) in [4.78, 5) is 4.47. The van der Waals surface area contributed by atoms with Crippen molar-refractivity contribution in [3.8, 4) is 0 Å². The summed E-state index contributed by atoms with van der Waals surface area (Å²) in [5.41, 5.74) is 2.72. The predicted molar refractivity (Wildman–Crippen MR) is 83.4 cm³/mol. The smallest absolute Gasteiger partial charge is 0.262 e. The van der Waals surface area contributed by atoms with Crippen LogP contribution in [0.25, 0.3) is 0 Å². The van der Waals surface area contributed by atoms with Crippen LogP contribution in [0.3, 0.4) is 0 Å². The minimum absolute atomic E-state index is 0.291. The monoisotopic (exact) mass is 354 g/mol. The molecular weight excluding hydrogens is 340 g/mol. The Labute approximate surface area is 127 Å². The second kappa shape index (κ2) is 5.54. The minimum Gasteiger partial charge on any atom is -0.278 e. The molecule has 6 heteroatoms. The molecule has 0 atom stereocenters. The summed E-state index contributed by atoms with van der Waals surface area (Å²) in [5.74, 6) is 0. The zero-order valence-corrected chi connectivity index (χ0v) is 13.8. The van der Waals surface area contributed by atoms with Gasteiger partial charge < -0.3 is 0 Å². The topological polar surface area (TPSA) is 59.1 Å². The molecule has 0 amide bonds. The lowest BCUT2D eigenvalue weighted by molar-refractivity contribution is 0.600. The molecule has 0 bridgehead atoms. The van der Waals surface area contributed by atoms with Gasteiger partial charge in [0, 0.05) is 0 Å². The summed E-state index contributed by atoms with van der Waals surface area (Å²) in [5, 5.41) is 0. The van der Waals surface area contributed by atoms with E-state index in [0.29, 0.717) is 26.4 Å². The zero-order valence-electron chi connectivity index (χ0n) is 11.4. The Balaban J connectivity index is 2.43. The molecule has 20 heavy (non-hydrogen) atoms. The second-order valence-electron chi connectivity index (χ2n) is 4.64. The van der Waals surface area contributed by atoms with Crippen molar-refractivity contribution in [3.63, 3.8) is 0 Å². The van der Waals surface area contributed by atoms with Gasteiger partial charge >= 0.3 is 0 Å². The van der Waals surface area contributed by atoms with Crippen molar-refractivity contribution in [2.45, 2.75) is 25.7 Å². The van der Waals surface area contributed by atoms with Crippen LogP contribution in [0.15, 0.2) is 39.8 Å². The molecule has 1 aromatic carbocycles. The molecule has 2 rings (SSSR count). The highest BCUT2D eigenvalue weighted by Crippen LogP contribution is 2.23. The Morgan fingerprint density at radius 3 is 2.45 bits per heavy atom. The van der Waals surface area contributed by atoms with Crippen molar-refractivity contribution in [2.24, 2.45) is 0 Å². The van der Waals surface area contributed by atoms with E-state index in [1.165, 1.54) is 0 Å². The summed E-state index contributed by atoms with van der Waals surface area (Å²) in [6.45, 7) is 5.40. The largest absolute Gasteiger partial charge is 0.278 e. The summed E-state index contributed by atoms with van der Waals surface area (Å²) < 4.78 is 28.2. The van der Waals surface area contributed by atoms with E-state index in [-0.39, 0.29) is 0 Å². The molecular formula is C14H15BrN2O2S. The number of hydrogen-bond donors (Lipinski definition) is 1. The molecule has 0 saturated heterocycles. The SMILES string of the molecule is Cc1ccc(C)c(S(=O)(=O)Nc2ccc(Br)nc2C)c1. The van der Waals surface area contributed by atoms with Crippen molar-refractivity contribution < 1.29 is 8.42 Å². The summed E-state index contributed by atoms with van der Waals surface area (Å²) in [6.07, 6.45) is 0. The van der Waals surface area contributed by atoms with Gasteiger partial charge in [0.05, 0.1) is 16.3 Å². The van der Waals surface area contributed by atoms with Crippen LogP contribution in [0.4, 0.5) is 5.69 Å². The Morgan fingerprint density at radius 1 is 1.10 bits per heavy atom. The van der Waals surface area contributed by atoms with Crippen molar-refractivity contribution in [2.75, 3.05) is 4.72 Å². The molecule has 0 fully saturated rings. The fraction of sp³-hybridized carbons (Fsp3) is 0.214. The van der Waals surface area contributed by atoms with Crippen LogP contribution in [0.2, 0.25) is 0 Å². The number of sulfonamides is 1. The quantitative estimate of drug-likeness (QED) is 0.857. The molecule has 0 aliphatic carbocycles. The van der Waals surface area contributed by atoms with E-state index in [4.69, 9.17) is 0 Å². The first-order valence-electron chi connectivity index (χ1n) is 6.03. The standard InChI is InChI=1S/C14H15BrN2O2S/c1-9-4-5-10(2)13(8-9)20(18,19)17-12-6-7-14(15)16-11(12)3/h4-8,17H,1-3H3. The molecule has 1 N–H and O–H groups in total. The number of aromatic nitrogens is 1. The Kier molecular flexibility index (Phi) is 4.15. The molecule has 0 unspecified atom stereocenters. The van der Waals surface area contributed by atoms with Crippen molar-refractivity contribution >= 4 is 31.6 Å². The minimum atomic E-state index is -3.61. The highest BCUT2D eigenvalue weighted by atomic mass is 79.9. The molecule has 2 aromatic rings. The van der Waals surface area contributed by atoms with Gasteiger partial charge in [-0.15, -0.1) is 0 Å². The van der Waals surface area contributed by atoms with Gasteiger partial charge in [-0.25, -0.2) is 13.4 Å². The van der Waals surface area contributed by atoms with Crippen molar-refractivity contribution in [3.05, 3.63) is 51.8 Å². The lowest BCUT2D eigenvalue weighted by Gasteiger charge is -2.12. The molecule has 0 radical (unpaired) electrons. The molecule has 0 aliphatic heterocycles. The zero-order chi connectivity index (χ0) is 14.9.